The Kier molecular flexibility index (Phi) is 23.7. The summed E-state index contributed by atoms with van der Waals surface area (Å²) in [5.41, 5.74) is 16.6. The number of hydrogen-bond acceptors (Lipinski definition) is 20. The third-order valence-corrected chi connectivity index (χ3v) is 29.0. The minimum absolute atomic E-state index is 0.0129. The van der Waals surface area contributed by atoms with Gasteiger partial charge in [-0.2, -0.15) is 0 Å². The first-order valence-corrected chi connectivity index (χ1v) is 47.4. The van der Waals surface area contributed by atoms with Gasteiger partial charge >= 0.3 is 22.6 Å². The summed E-state index contributed by atoms with van der Waals surface area (Å²) in [6.45, 7) is 43.7. The largest absolute Gasteiger partial charge is 0.484 e. The van der Waals surface area contributed by atoms with Crippen LogP contribution < -0.4 is 58.5 Å². The first-order chi connectivity index (χ1) is 66.8. The van der Waals surface area contributed by atoms with E-state index in [1.165, 1.54) is 44.1 Å². The van der Waals surface area contributed by atoms with E-state index < -0.39 is 17.2 Å². The molecule has 0 spiro atoms. The summed E-state index contributed by atoms with van der Waals surface area (Å²) in [5, 5.41) is 5.37. The van der Waals surface area contributed by atoms with Crippen molar-refractivity contribution in [2.45, 2.75) is 164 Å². The smallest absolute Gasteiger partial charge is 0.326 e. The van der Waals surface area contributed by atoms with Crippen molar-refractivity contribution in [1.82, 2.24) is 87.0 Å². The molecule has 0 radical (unpaired) electrons. The van der Waals surface area contributed by atoms with Crippen LogP contribution in [0.5, 0.6) is 5.75 Å². The molecular weight excluding hydrogens is 1800 g/mol. The number of aryl methyl sites for hydroxylation is 9. The Morgan fingerprint density at radius 3 is 1.21 bits per heavy atom. The molecule has 0 bridgehead atoms. The highest BCUT2D eigenvalue weighted by molar-refractivity contribution is 6.34. The van der Waals surface area contributed by atoms with E-state index in [2.05, 4.69) is 73.6 Å². The van der Waals surface area contributed by atoms with Crippen molar-refractivity contribution in [3.05, 3.63) is 265 Å². The third-order valence-electron chi connectivity index (χ3n) is 28.7. The lowest BCUT2D eigenvalue weighted by atomic mass is 9.98. The molecule has 0 aliphatic carbocycles. The van der Waals surface area contributed by atoms with Gasteiger partial charge in [0.05, 0.1) is 113 Å². The molecule has 3 amide bonds. The molecule has 6 aliphatic rings. The maximum absolute atomic E-state index is 16.7. The Morgan fingerprint density at radius 1 is 0.443 bits per heavy atom. The number of aromatic nitrogens is 15. The van der Waals surface area contributed by atoms with Crippen molar-refractivity contribution in [1.29, 1.82) is 0 Å². The number of aromatic amines is 3. The molecule has 4 N–H and O–H groups in total. The number of carbonyl (C=O) groups is 3. The maximum atomic E-state index is 16.7. The van der Waals surface area contributed by atoms with Gasteiger partial charge in [-0.3, -0.25) is 71.1 Å². The standard InChI is InChI=1S/C35H36ClN7O3.C35H37FN8O3.C35H36FN7O4/c1-8-26(44)41-16-21-13-23-31(42(21)15-20(41)6)22-14-24(36)29(27-18(4)9-10-25-32(27)40(7)35(46)38-25)39-33(22)43(34(23)45)30-19(5)11-12-37-28(30)17(2)3;1-8-25(45)42-16-21-14-38-29-31(43(21)15-20(42)6)22-13-23(36)28(26-18(4)9-10-24-32(26)41(7)35(47)39-24)40-33(22)44(34(29)46)30-19(5)11-12-37-27(30)17(2)3;1-8-25(44)41-15-21-16-47-32-30(42(21)14-20(41)6)22-13-23(36)28(26-18(4)9-10-24-31(26)40(7)35(46)38-24)39-33(22)43(34(32)45)29-19(5)11-12-37-27(29)17(2)3/h8-12,14,17,20-21H,1,13,15-16H2,2-7H3,(H,38,46);8-13,17,20-21,38H,1,14-16H2,2-7H3,(H,39,47);8-13,17,20-21H,1,14-16H2,2-7H3,(H,38,46). The van der Waals surface area contributed by atoms with Crippen molar-refractivity contribution >= 4 is 118 Å². The van der Waals surface area contributed by atoms with Gasteiger partial charge in [0.2, 0.25) is 23.5 Å². The second kappa shape index (κ2) is 35.3. The predicted octanol–water partition coefficient (Wildman–Crippen LogP) is 14.2. The molecule has 15 aromatic rings. The number of nitrogens with zero attached hydrogens (tertiary/aromatic N) is 18. The zero-order chi connectivity index (χ0) is 99.7. The van der Waals surface area contributed by atoms with E-state index in [9.17, 15) is 43.2 Å². The van der Waals surface area contributed by atoms with Crippen molar-refractivity contribution in [2.24, 2.45) is 21.1 Å². The topological polar surface area (TPSA) is 349 Å². The average Bonchev–Trinajstić information content (AvgIpc) is 1.30. The molecule has 18 heterocycles. The molecule has 32 nitrogen and oxygen atoms in total. The number of benzene rings is 3. The number of pyridine rings is 9. The molecular formula is C105H109ClF2N22O10. The normalized spacial score (nSPS) is 17.6. The van der Waals surface area contributed by atoms with Gasteiger partial charge in [-0.15, -0.1) is 0 Å². The van der Waals surface area contributed by atoms with Crippen LogP contribution >= 0.6 is 11.6 Å². The van der Waals surface area contributed by atoms with Crippen molar-refractivity contribution in [3.63, 3.8) is 0 Å². The van der Waals surface area contributed by atoms with Gasteiger partial charge in [0.1, 0.15) is 41.0 Å². The number of piperazine rings is 3. The summed E-state index contributed by atoms with van der Waals surface area (Å²) < 4.78 is 48.8. The number of ether oxygens (including phenoxy) is 1. The molecule has 6 aliphatic heterocycles. The summed E-state index contributed by atoms with van der Waals surface area (Å²) in [5.74, 6) is -1.59. The number of amides is 3. The fraction of sp³-hybridized carbons (Fsp3) is 0.343. The van der Waals surface area contributed by atoms with Crippen molar-refractivity contribution < 1.29 is 27.9 Å². The van der Waals surface area contributed by atoms with Crippen LogP contribution in [0, 0.1) is 53.2 Å². The molecule has 3 saturated heterocycles. The van der Waals surface area contributed by atoms with Gasteiger partial charge in [0.15, 0.2) is 11.3 Å². The van der Waals surface area contributed by atoms with Gasteiger partial charge in [0, 0.05) is 149 Å². The van der Waals surface area contributed by atoms with Crippen LogP contribution in [0.2, 0.25) is 5.02 Å². The molecule has 6 atom stereocenters. The monoisotopic (exact) mass is 1910 g/mol. The Morgan fingerprint density at radius 2 is 0.800 bits per heavy atom. The molecule has 6 unspecified atom stereocenters. The third kappa shape index (κ3) is 14.9. The van der Waals surface area contributed by atoms with Crippen molar-refractivity contribution in [2.75, 3.05) is 72.4 Å². The highest BCUT2D eigenvalue weighted by atomic mass is 35.5. The van der Waals surface area contributed by atoms with Gasteiger partial charge in [0.25, 0.3) is 11.1 Å². The minimum atomic E-state index is -0.614. The van der Waals surface area contributed by atoms with Gasteiger partial charge in [-0.1, -0.05) is 91.1 Å². The summed E-state index contributed by atoms with van der Waals surface area (Å²) in [4.78, 5) is 170. The average molecular weight is 1910 g/mol. The van der Waals surface area contributed by atoms with Crippen molar-refractivity contribution in [3.8, 4) is 56.6 Å². The Balaban J connectivity index is 0.000000134. The van der Waals surface area contributed by atoms with Crippen LogP contribution in [0.25, 0.3) is 117 Å². The Labute approximate surface area is 807 Å². The lowest BCUT2D eigenvalue weighted by Gasteiger charge is -2.49. The zero-order valence-electron chi connectivity index (χ0n) is 81.3. The number of anilines is 4. The van der Waals surface area contributed by atoms with Crippen LogP contribution in [0.15, 0.2) is 158 Å². The SMILES string of the molecule is C=CC(=O)N1CC2CNc3c(c4cc(F)c(-c5c(C)ccc6[nH]c(=O)n(C)c56)nc4n(-c4c(C)ccnc4C(C)C)c3=O)N2CC1C.C=CC(=O)N1CC2COc3c(c4cc(F)c(-c5c(C)ccc6[nH]c(=O)n(C)c56)nc4n(-c4c(C)ccnc4C(C)C)c3=O)N2CC1C.C=CC(=O)N1CC2Cc3c(c4cc(Cl)c(-c5c(C)ccc6[nH]c(=O)n(C)c56)nc4n(-c4c(C)ccnc4C(C)C)c3=O)N2CC1C. The van der Waals surface area contributed by atoms with Crippen LogP contribution in [0.3, 0.4) is 0 Å². The highest BCUT2D eigenvalue weighted by Gasteiger charge is 2.46. The van der Waals surface area contributed by atoms with Crippen LogP contribution in [-0.4, -0.2) is 193 Å². The highest BCUT2D eigenvalue weighted by Crippen LogP contribution is 2.49. The van der Waals surface area contributed by atoms with Crippen LogP contribution in [0.4, 0.5) is 31.5 Å². The number of imidazole rings is 3. The quantitative estimate of drug-likeness (QED) is 0.0825. The number of carbonyl (C=O) groups excluding carboxylic acids is 3. The fourth-order valence-electron chi connectivity index (χ4n) is 21.8. The van der Waals surface area contributed by atoms with E-state index in [1.54, 1.807) is 75.4 Å². The number of rotatable bonds is 12. The fourth-order valence-corrected chi connectivity index (χ4v) is 22.0. The lowest BCUT2D eigenvalue weighted by Crippen LogP contribution is -2.62. The van der Waals surface area contributed by atoms with E-state index in [-0.39, 0.29) is 135 Å². The number of nitrogens with one attached hydrogen (secondary N) is 4. The first-order valence-electron chi connectivity index (χ1n) is 47.0. The molecule has 21 rings (SSSR count). The van der Waals surface area contributed by atoms with Gasteiger partial charge < -0.3 is 54.4 Å². The van der Waals surface area contributed by atoms with Crippen LogP contribution in [-0.2, 0) is 41.9 Å². The molecule has 140 heavy (non-hydrogen) atoms. The van der Waals surface area contributed by atoms with Gasteiger partial charge in [-0.25, -0.2) is 38.1 Å². The molecule has 0 saturated carbocycles. The number of halogens is 3. The summed E-state index contributed by atoms with van der Waals surface area (Å²) in [6.07, 6.45) is 9.65. The second-order valence-corrected chi connectivity index (χ2v) is 39.1. The number of fused-ring (bicyclic) bond motifs is 18. The van der Waals surface area contributed by atoms with E-state index in [0.29, 0.717) is 180 Å². The molecule has 12 aromatic heterocycles. The van der Waals surface area contributed by atoms with E-state index in [4.69, 9.17) is 36.3 Å². The van der Waals surface area contributed by atoms with Gasteiger partial charge in [-0.05, 0) is 186 Å². The Bertz CT molecular complexity index is 7980. The first kappa shape index (κ1) is 93.8. The summed E-state index contributed by atoms with van der Waals surface area (Å²) in [7, 11) is 4.97. The molecule has 3 fully saturated rings. The lowest BCUT2D eigenvalue weighted by molar-refractivity contribution is -0.129. The molecule has 35 heteroatoms. The Hall–Kier alpha value is -15.2. The second-order valence-electron chi connectivity index (χ2n) is 38.6. The number of hydrogen-bond donors (Lipinski definition) is 4. The molecule has 720 valence electrons. The van der Waals surface area contributed by atoms with E-state index in [1.807, 2.05) is 148 Å². The zero-order valence-corrected chi connectivity index (χ0v) is 82.1. The van der Waals surface area contributed by atoms with E-state index >= 15 is 8.78 Å². The summed E-state index contributed by atoms with van der Waals surface area (Å²) in [6, 6.07) is 20.4. The number of H-pyrrole nitrogens is 3. The predicted molar refractivity (Wildman–Crippen MR) is 544 cm³/mol. The van der Waals surface area contributed by atoms with E-state index in [0.717, 1.165) is 50.1 Å². The maximum Gasteiger partial charge on any atom is 0.326 e. The minimum Gasteiger partial charge on any atom is -0.484 e. The van der Waals surface area contributed by atoms with Crippen LogP contribution in [0.1, 0.15) is 136 Å². The summed E-state index contributed by atoms with van der Waals surface area (Å²) >= 11 is 7.17. The molecule has 3 aromatic carbocycles.